The molecule has 0 aliphatic carbocycles. The Morgan fingerprint density at radius 1 is 1.06 bits per heavy atom. The Morgan fingerprint density at radius 3 is 2.38 bits per heavy atom. The Hall–Kier alpha value is -2.51. The summed E-state index contributed by atoms with van der Waals surface area (Å²) in [6, 6.07) is 15.3. The number of nitriles is 1. The van der Waals surface area contributed by atoms with Crippen LogP contribution in [-0.2, 0) is 7.05 Å². The summed E-state index contributed by atoms with van der Waals surface area (Å²) in [6.45, 7) is 8.32. The third-order valence-corrected chi connectivity index (χ3v) is 7.76. The average Bonchev–Trinajstić information content (AvgIpc) is 2.87. The minimum Gasteiger partial charge on any atom is -0.349 e. The zero-order valence-corrected chi connectivity index (χ0v) is 22.4. The van der Waals surface area contributed by atoms with Crippen LogP contribution in [0.4, 0.5) is 5.82 Å². The van der Waals surface area contributed by atoms with Crippen LogP contribution in [0.25, 0.3) is 11.0 Å². The van der Waals surface area contributed by atoms with Crippen LogP contribution in [0.5, 0.6) is 0 Å². The first-order chi connectivity index (χ1) is 16.4. The molecule has 1 aromatic carbocycles. The van der Waals surface area contributed by atoms with Gasteiger partial charge in [-0.05, 0) is 71.7 Å². The van der Waals surface area contributed by atoms with Gasteiger partial charge in [-0.3, -0.25) is 9.47 Å². The van der Waals surface area contributed by atoms with E-state index >= 15 is 0 Å². The van der Waals surface area contributed by atoms with Gasteiger partial charge in [-0.15, -0.1) is 0 Å². The maximum absolute atomic E-state index is 12.7. The zero-order valence-electron chi connectivity index (χ0n) is 20.2. The highest BCUT2D eigenvalue weighted by molar-refractivity contribution is 14.1. The van der Waals surface area contributed by atoms with Gasteiger partial charge in [0.2, 0.25) is 0 Å². The Bertz CT molecular complexity index is 1270. The fourth-order valence-electron chi connectivity index (χ4n) is 5.14. The molecule has 2 aromatic heterocycles. The van der Waals surface area contributed by atoms with E-state index in [9.17, 15) is 10.1 Å². The number of pyridine rings is 1. The van der Waals surface area contributed by atoms with Gasteiger partial charge in [0.05, 0.1) is 5.52 Å². The number of fused-ring (bicyclic) bond motifs is 1. The first-order valence-corrected chi connectivity index (χ1v) is 13.0. The topological polar surface area (TPSA) is 78.0 Å². The molecule has 0 N–H and O–H groups in total. The Balaban J connectivity index is 1.77. The van der Waals surface area contributed by atoms with Gasteiger partial charge < -0.3 is 4.90 Å². The van der Waals surface area contributed by atoms with Crippen molar-refractivity contribution >= 4 is 39.4 Å². The van der Waals surface area contributed by atoms with Crippen molar-refractivity contribution < 1.29 is 0 Å². The van der Waals surface area contributed by atoms with Crippen LogP contribution in [0, 0.1) is 14.9 Å². The second-order valence-electron chi connectivity index (χ2n) is 8.90. The van der Waals surface area contributed by atoms with Gasteiger partial charge in [-0.2, -0.15) is 10.2 Å². The van der Waals surface area contributed by atoms with Crippen LogP contribution in [0.15, 0.2) is 41.2 Å². The molecule has 3 heterocycles. The lowest BCUT2D eigenvalue weighted by molar-refractivity contribution is 0.0895. The molecule has 4 rings (SSSR count). The number of piperazine rings is 1. The van der Waals surface area contributed by atoms with E-state index in [0.29, 0.717) is 34.6 Å². The molecule has 178 valence electrons. The van der Waals surface area contributed by atoms with Crippen LogP contribution >= 0.6 is 22.6 Å². The van der Waals surface area contributed by atoms with E-state index < -0.39 is 0 Å². The second-order valence-corrected chi connectivity index (χ2v) is 10.1. The largest absolute Gasteiger partial charge is 0.349 e. The van der Waals surface area contributed by atoms with Gasteiger partial charge in [0, 0.05) is 41.8 Å². The van der Waals surface area contributed by atoms with Crippen molar-refractivity contribution in [2.24, 2.45) is 7.05 Å². The molecule has 0 radical (unpaired) electrons. The van der Waals surface area contributed by atoms with Gasteiger partial charge in [-0.25, -0.2) is 9.78 Å². The molecule has 7 nitrogen and oxygen atoms in total. The first kappa shape index (κ1) is 24.6. The number of aromatic nitrogens is 3. The van der Waals surface area contributed by atoms with E-state index in [1.807, 2.05) is 0 Å². The van der Waals surface area contributed by atoms with Crippen LogP contribution in [0.1, 0.15) is 57.3 Å². The summed E-state index contributed by atoms with van der Waals surface area (Å²) in [5, 5.41) is 9.43. The fourth-order valence-corrected chi connectivity index (χ4v) is 5.50. The fraction of sp³-hybridized carbons (Fsp3) is 0.462. The van der Waals surface area contributed by atoms with E-state index in [4.69, 9.17) is 0 Å². The molecule has 3 aromatic rings. The standard InChI is InChI=1S/C26H31IN6O/c1-5-20-16-33(25-24-23(31(4)26(34)30-25)13-12-19(14-28)29-24)21(6-2)15-32(20)22(7-3)17-8-10-18(27)11-9-17/h8-13,20-22H,5-7,15-16H2,1-4H3. The predicted molar refractivity (Wildman–Crippen MR) is 144 cm³/mol. The van der Waals surface area contributed by atoms with E-state index in [1.54, 1.807) is 19.2 Å². The van der Waals surface area contributed by atoms with Crippen LogP contribution in [0.3, 0.4) is 0 Å². The number of aryl methyl sites for hydroxylation is 1. The number of anilines is 1. The number of benzene rings is 1. The molecule has 1 saturated heterocycles. The van der Waals surface area contributed by atoms with Crippen molar-refractivity contribution in [2.45, 2.75) is 58.2 Å². The van der Waals surface area contributed by atoms with Crippen LogP contribution in [0.2, 0.25) is 0 Å². The van der Waals surface area contributed by atoms with E-state index in [2.05, 4.69) is 93.5 Å². The summed E-state index contributed by atoms with van der Waals surface area (Å²) in [4.78, 5) is 26.7. The molecule has 0 amide bonds. The molecule has 3 atom stereocenters. The van der Waals surface area contributed by atoms with Crippen LogP contribution in [-0.4, -0.2) is 44.6 Å². The number of rotatable bonds is 6. The zero-order chi connectivity index (χ0) is 24.4. The molecule has 8 heteroatoms. The maximum Gasteiger partial charge on any atom is 0.349 e. The summed E-state index contributed by atoms with van der Waals surface area (Å²) in [5.74, 6) is 0.600. The van der Waals surface area contributed by atoms with Crippen molar-refractivity contribution in [1.29, 1.82) is 5.26 Å². The number of hydrogen-bond donors (Lipinski definition) is 0. The molecule has 0 bridgehead atoms. The molecule has 1 fully saturated rings. The lowest BCUT2D eigenvalue weighted by Gasteiger charge is -2.49. The van der Waals surface area contributed by atoms with Gasteiger partial charge in [0.15, 0.2) is 5.82 Å². The highest BCUT2D eigenvalue weighted by Gasteiger charge is 2.37. The van der Waals surface area contributed by atoms with Crippen molar-refractivity contribution in [1.82, 2.24) is 19.4 Å². The molecule has 0 saturated carbocycles. The van der Waals surface area contributed by atoms with Crippen LogP contribution < -0.4 is 10.6 Å². The summed E-state index contributed by atoms with van der Waals surface area (Å²) < 4.78 is 2.75. The Morgan fingerprint density at radius 2 is 1.76 bits per heavy atom. The summed E-state index contributed by atoms with van der Waals surface area (Å²) >= 11 is 2.35. The maximum atomic E-state index is 12.7. The molecular formula is C26H31IN6O. The number of nitrogens with zero attached hydrogens (tertiary/aromatic N) is 6. The lowest BCUT2D eigenvalue weighted by Crippen LogP contribution is -2.59. The van der Waals surface area contributed by atoms with E-state index in [-0.39, 0.29) is 11.7 Å². The molecule has 3 unspecified atom stereocenters. The lowest BCUT2D eigenvalue weighted by atomic mass is 9.95. The SMILES string of the molecule is CCC1CN(C(CC)c2ccc(I)cc2)C(CC)CN1c1nc(=O)n(C)c2ccc(C#N)nc12. The Labute approximate surface area is 214 Å². The number of halogens is 1. The normalized spacial score (nSPS) is 19.8. The van der Waals surface area contributed by atoms with Crippen molar-refractivity contribution in [3.05, 3.63) is 61.7 Å². The minimum atomic E-state index is -0.301. The summed E-state index contributed by atoms with van der Waals surface area (Å²) in [6.07, 6.45) is 2.95. The third-order valence-electron chi connectivity index (χ3n) is 7.05. The molecule has 1 aliphatic rings. The minimum absolute atomic E-state index is 0.191. The Kier molecular flexibility index (Phi) is 7.53. The average molecular weight is 570 g/mol. The highest BCUT2D eigenvalue weighted by atomic mass is 127. The second kappa shape index (κ2) is 10.4. The predicted octanol–water partition coefficient (Wildman–Crippen LogP) is 4.64. The molecular weight excluding hydrogens is 539 g/mol. The monoisotopic (exact) mass is 570 g/mol. The molecule has 0 spiro atoms. The van der Waals surface area contributed by atoms with Crippen molar-refractivity contribution in [2.75, 3.05) is 18.0 Å². The first-order valence-electron chi connectivity index (χ1n) is 12.0. The van der Waals surface area contributed by atoms with Crippen molar-refractivity contribution in [3.63, 3.8) is 0 Å². The van der Waals surface area contributed by atoms with Gasteiger partial charge in [0.25, 0.3) is 0 Å². The van der Waals surface area contributed by atoms with Gasteiger partial charge >= 0.3 is 5.69 Å². The molecule has 34 heavy (non-hydrogen) atoms. The highest BCUT2D eigenvalue weighted by Crippen LogP contribution is 2.35. The van der Waals surface area contributed by atoms with E-state index in [0.717, 1.165) is 32.4 Å². The number of hydrogen-bond acceptors (Lipinski definition) is 6. The quantitative estimate of drug-likeness (QED) is 0.402. The van der Waals surface area contributed by atoms with Crippen molar-refractivity contribution in [3.8, 4) is 6.07 Å². The van der Waals surface area contributed by atoms with E-state index in [1.165, 1.54) is 13.7 Å². The molecule has 1 aliphatic heterocycles. The summed E-state index contributed by atoms with van der Waals surface area (Å²) in [5.41, 5.74) is 2.70. The third kappa shape index (κ3) is 4.56. The van der Waals surface area contributed by atoms with Gasteiger partial charge in [0.1, 0.15) is 17.3 Å². The summed E-state index contributed by atoms with van der Waals surface area (Å²) in [7, 11) is 1.70. The smallest absolute Gasteiger partial charge is 0.349 e. The van der Waals surface area contributed by atoms with Gasteiger partial charge in [-0.1, -0.05) is 32.9 Å².